The van der Waals surface area contributed by atoms with E-state index in [0.717, 1.165) is 19.3 Å². The zero-order valence-electron chi connectivity index (χ0n) is 15.1. The van der Waals surface area contributed by atoms with Crippen molar-refractivity contribution in [3.8, 4) is 0 Å². The Labute approximate surface area is 156 Å². The molecule has 2 aliphatic rings. The molecule has 7 heteroatoms. The van der Waals surface area contributed by atoms with Crippen LogP contribution in [0, 0.1) is 12.3 Å². The van der Waals surface area contributed by atoms with Crippen molar-refractivity contribution in [1.29, 1.82) is 0 Å². The first-order chi connectivity index (χ1) is 12.5. The van der Waals surface area contributed by atoms with E-state index in [9.17, 15) is 9.59 Å². The van der Waals surface area contributed by atoms with Crippen LogP contribution in [0.2, 0.25) is 0 Å². The lowest BCUT2D eigenvalue weighted by Crippen LogP contribution is -2.42. The van der Waals surface area contributed by atoms with Gasteiger partial charge in [-0.3, -0.25) is 9.59 Å². The summed E-state index contributed by atoms with van der Waals surface area (Å²) in [6.45, 7) is 5.56. The molecule has 1 saturated heterocycles. The van der Waals surface area contributed by atoms with E-state index in [0.29, 0.717) is 37.1 Å². The molecule has 1 atom stereocenters. The minimum atomic E-state index is -0.0596. The second-order valence-electron chi connectivity index (χ2n) is 7.48. The molecule has 0 bridgehead atoms. The number of rotatable bonds is 4. The quantitative estimate of drug-likeness (QED) is 0.826. The zero-order valence-corrected chi connectivity index (χ0v) is 15.9. The summed E-state index contributed by atoms with van der Waals surface area (Å²) in [5.74, 6) is 0.722. The van der Waals surface area contributed by atoms with Gasteiger partial charge in [0.05, 0.1) is 0 Å². The van der Waals surface area contributed by atoms with E-state index in [1.54, 1.807) is 31.3 Å². The first-order valence-corrected chi connectivity index (χ1v) is 9.94. The van der Waals surface area contributed by atoms with Gasteiger partial charge in [-0.15, -0.1) is 0 Å². The van der Waals surface area contributed by atoms with Gasteiger partial charge in [0, 0.05) is 38.7 Å². The fourth-order valence-corrected chi connectivity index (χ4v) is 4.77. The van der Waals surface area contributed by atoms with E-state index in [2.05, 4.69) is 16.6 Å². The summed E-state index contributed by atoms with van der Waals surface area (Å²) in [5.41, 5.74) is 1.76. The van der Waals surface area contributed by atoms with Gasteiger partial charge in [0.2, 0.25) is 5.91 Å². The van der Waals surface area contributed by atoms with Crippen LogP contribution in [-0.2, 0) is 11.3 Å². The Balaban J connectivity index is 1.38. The number of thiophene rings is 1. The van der Waals surface area contributed by atoms with Crippen LogP contribution in [0.15, 0.2) is 27.4 Å². The Kier molecular flexibility index (Phi) is 4.34. The predicted octanol–water partition coefficient (Wildman–Crippen LogP) is 3.09. The minimum absolute atomic E-state index is 0.0596. The van der Waals surface area contributed by atoms with Gasteiger partial charge < -0.3 is 14.3 Å². The first kappa shape index (κ1) is 17.3. The molecule has 6 nitrogen and oxygen atoms in total. The largest absolute Gasteiger partial charge is 0.361 e. The number of carbonyl (C=O) groups excluding carboxylic acids is 2. The van der Waals surface area contributed by atoms with Crippen LogP contribution >= 0.6 is 11.3 Å². The summed E-state index contributed by atoms with van der Waals surface area (Å²) in [6.07, 6.45) is 2.92. The number of nitrogens with zero attached hydrogens (tertiary/aromatic N) is 3. The second-order valence-corrected chi connectivity index (χ2v) is 8.26. The molecule has 0 N–H and O–H groups in total. The van der Waals surface area contributed by atoms with Crippen molar-refractivity contribution >= 4 is 23.2 Å². The lowest BCUT2D eigenvalue weighted by Gasteiger charge is -2.34. The predicted molar refractivity (Wildman–Crippen MR) is 97.8 cm³/mol. The molecule has 0 radical (unpaired) electrons. The molecule has 2 aromatic heterocycles. The van der Waals surface area contributed by atoms with Crippen molar-refractivity contribution in [3.63, 3.8) is 0 Å². The highest BCUT2D eigenvalue weighted by Gasteiger charge is 2.58. The van der Waals surface area contributed by atoms with E-state index < -0.39 is 0 Å². The number of likely N-dealkylation sites (tertiary alicyclic amines) is 1. The van der Waals surface area contributed by atoms with Crippen LogP contribution in [0.1, 0.15) is 48.0 Å². The van der Waals surface area contributed by atoms with Gasteiger partial charge in [-0.2, -0.15) is 11.3 Å². The third-order valence-electron chi connectivity index (χ3n) is 5.75. The zero-order chi connectivity index (χ0) is 18.3. The molecule has 1 aliphatic heterocycles. The number of amides is 2. The van der Waals surface area contributed by atoms with E-state index in [4.69, 9.17) is 4.52 Å². The average Bonchev–Trinajstić information content (AvgIpc) is 2.99. The molecule has 1 saturated carbocycles. The van der Waals surface area contributed by atoms with E-state index in [1.165, 1.54) is 5.56 Å². The molecule has 0 aromatic carbocycles. The Morgan fingerprint density at radius 2 is 2.19 bits per heavy atom. The van der Waals surface area contributed by atoms with E-state index in [-0.39, 0.29) is 17.2 Å². The summed E-state index contributed by atoms with van der Waals surface area (Å²) in [4.78, 5) is 28.6. The molecule has 26 heavy (non-hydrogen) atoms. The van der Waals surface area contributed by atoms with Crippen molar-refractivity contribution in [2.75, 3.05) is 13.1 Å². The Morgan fingerprint density at radius 1 is 1.42 bits per heavy atom. The van der Waals surface area contributed by atoms with Gasteiger partial charge in [-0.1, -0.05) is 5.16 Å². The lowest BCUT2D eigenvalue weighted by atomic mass is 9.92. The average molecular weight is 373 g/mol. The highest BCUT2D eigenvalue weighted by Crippen LogP contribution is 2.57. The number of hydrogen-bond acceptors (Lipinski definition) is 5. The highest BCUT2D eigenvalue weighted by molar-refractivity contribution is 7.07. The number of carbonyl (C=O) groups is 2. The molecule has 1 aliphatic carbocycles. The Bertz CT molecular complexity index is 806. The molecule has 2 fully saturated rings. The summed E-state index contributed by atoms with van der Waals surface area (Å²) >= 11 is 1.66. The van der Waals surface area contributed by atoms with Crippen LogP contribution < -0.4 is 0 Å². The summed E-state index contributed by atoms with van der Waals surface area (Å²) in [6, 6.07) is 4.06. The number of aromatic nitrogens is 1. The lowest BCUT2D eigenvalue weighted by molar-refractivity contribution is -0.130. The molecule has 2 aromatic rings. The third kappa shape index (κ3) is 3.16. The van der Waals surface area contributed by atoms with Crippen molar-refractivity contribution in [3.05, 3.63) is 39.9 Å². The van der Waals surface area contributed by atoms with E-state index in [1.807, 2.05) is 15.2 Å². The number of piperidine rings is 1. The second kappa shape index (κ2) is 6.54. The summed E-state index contributed by atoms with van der Waals surface area (Å²) < 4.78 is 5.01. The van der Waals surface area contributed by atoms with Gasteiger partial charge in [-0.25, -0.2) is 0 Å². The summed E-state index contributed by atoms with van der Waals surface area (Å²) in [5, 5.41) is 7.98. The number of aryl methyl sites for hydroxylation is 1. The number of hydrogen-bond donors (Lipinski definition) is 0. The fraction of sp³-hybridized carbons (Fsp3) is 0.526. The van der Waals surface area contributed by atoms with Crippen LogP contribution in [-0.4, -0.2) is 45.9 Å². The molecular weight excluding hydrogens is 350 g/mol. The topological polar surface area (TPSA) is 66.7 Å². The molecule has 4 rings (SSSR count). The molecule has 1 spiro atoms. The Hall–Kier alpha value is -2.15. The highest BCUT2D eigenvalue weighted by atomic mass is 32.1. The third-order valence-corrected chi connectivity index (χ3v) is 6.49. The normalized spacial score (nSPS) is 21.0. The summed E-state index contributed by atoms with van der Waals surface area (Å²) in [7, 11) is 0. The van der Waals surface area contributed by atoms with Crippen molar-refractivity contribution in [2.24, 2.45) is 5.41 Å². The maximum absolute atomic E-state index is 12.5. The van der Waals surface area contributed by atoms with Gasteiger partial charge in [0.25, 0.3) is 5.91 Å². The minimum Gasteiger partial charge on any atom is -0.361 e. The SMILES string of the molecule is CC(=O)N(Cc1ccsc1)[C@@H]1CC12CCN(C(=O)c1cc(C)on1)CC2. The standard InChI is InChI=1S/C19H23N3O3S/c1-13-9-16(20-25-13)18(24)21-6-4-19(5-7-21)10-17(19)22(14(2)23)11-15-3-8-26-12-15/h3,8-9,12,17H,4-7,10-11H2,1-2H3/t17-/m1/s1. The first-order valence-electron chi connectivity index (χ1n) is 8.99. The van der Waals surface area contributed by atoms with Crippen molar-refractivity contribution < 1.29 is 14.1 Å². The maximum atomic E-state index is 12.5. The molecular formula is C19H23N3O3S. The van der Waals surface area contributed by atoms with Crippen molar-refractivity contribution in [2.45, 2.75) is 45.7 Å². The van der Waals surface area contributed by atoms with E-state index >= 15 is 0 Å². The Morgan fingerprint density at radius 3 is 2.77 bits per heavy atom. The van der Waals surface area contributed by atoms with Crippen LogP contribution in [0.3, 0.4) is 0 Å². The van der Waals surface area contributed by atoms with Crippen LogP contribution in [0.4, 0.5) is 0 Å². The van der Waals surface area contributed by atoms with Gasteiger partial charge in [-0.05, 0) is 54.0 Å². The fourth-order valence-electron chi connectivity index (χ4n) is 4.11. The molecule has 0 unspecified atom stereocenters. The van der Waals surface area contributed by atoms with Crippen LogP contribution in [0.25, 0.3) is 0 Å². The monoisotopic (exact) mass is 373 g/mol. The van der Waals surface area contributed by atoms with Gasteiger partial charge in [0.15, 0.2) is 5.69 Å². The van der Waals surface area contributed by atoms with Crippen LogP contribution in [0.5, 0.6) is 0 Å². The van der Waals surface area contributed by atoms with Crippen molar-refractivity contribution in [1.82, 2.24) is 15.0 Å². The van der Waals surface area contributed by atoms with Gasteiger partial charge in [0.1, 0.15) is 5.76 Å². The maximum Gasteiger partial charge on any atom is 0.276 e. The molecule has 3 heterocycles. The smallest absolute Gasteiger partial charge is 0.276 e. The molecule has 2 amide bonds. The molecule has 138 valence electrons. The van der Waals surface area contributed by atoms with Gasteiger partial charge >= 0.3 is 0 Å².